The van der Waals surface area contributed by atoms with Crippen molar-refractivity contribution < 1.29 is 16.5 Å². The smallest absolute Gasteiger partial charge is 0 e. The number of allylic oxidation sites excluding steroid dienone is 12. The molecule has 0 fully saturated rings. The van der Waals surface area contributed by atoms with Crippen molar-refractivity contribution >= 4 is 0 Å². The van der Waals surface area contributed by atoms with Crippen LogP contribution >= 0.6 is 0 Å². The molecule has 2 rings (SSSR count). The summed E-state index contributed by atoms with van der Waals surface area (Å²) in [4.78, 5) is 0. The van der Waals surface area contributed by atoms with Crippen molar-refractivity contribution in [3.63, 3.8) is 0 Å². The fourth-order valence-electron chi connectivity index (χ4n) is 2.71. The van der Waals surface area contributed by atoms with Crippen LogP contribution in [0, 0.1) is 0 Å². The van der Waals surface area contributed by atoms with Crippen molar-refractivity contribution in [1.29, 1.82) is 0 Å². The van der Waals surface area contributed by atoms with E-state index in [4.69, 9.17) is 0 Å². The predicted octanol–water partition coefficient (Wildman–Crippen LogP) is 8.02. The van der Waals surface area contributed by atoms with Crippen LogP contribution in [0.25, 0.3) is 0 Å². The van der Waals surface area contributed by atoms with E-state index in [0.717, 1.165) is 0 Å². The molecule has 142 valence electrons. The molecule has 2 aliphatic rings. The number of hydrogen-bond donors (Lipinski definition) is 0. The maximum absolute atomic E-state index is 2.26. The maximum Gasteiger partial charge on any atom is 0 e. The Balaban J connectivity index is 0.000000443. The molecule has 0 nitrogen and oxygen atoms in total. The van der Waals surface area contributed by atoms with Crippen LogP contribution in [-0.2, 0) is 16.5 Å². The average Bonchev–Trinajstić information content (AvgIpc) is 2.56. The van der Waals surface area contributed by atoms with Crippen LogP contribution in [0.3, 0.4) is 0 Å². The first-order valence-electron chi connectivity index (χ1n) is 9.97. The minimum atomic E-state index is 0. The molecule has 25 heavy (non-hydrogen) atoms. The molecule has 0 spiro atoms. The van der Waals surface area contributed by atoms with E-state index in [1.165, 1.54) is 77.0 Å². The minimum Gasteiger partial charge on any atom is -0.0845 e. The molecule has 0 aliphatic heterocycles. The molecule has 0 amide bonds. The molecule has 0 saturated heterocycles. The van der Waals surface area contributed by atoms with E-state index in [2.05, 4.69) is 72.9 Å². The summed E-state index contributed by atoms with van der Waals surface area (Å²) in [5, 5.41) is 0. The van der Waals surface area contributed by atoms with Crippen LogP contribution in [0.5, 0.6) is 0 Å². The summed E-state index contributed by atoms with van der Waals surface area (Å²) in [5.74, 6) is 0. The van der Waals surface area contributed by atoms with Gasteiger partial charge in [0.25, 0.3) is 0 Å². The Morgan fingerprint density at radius 2 is 0.520 bits per heavy atom. The van der Waals surface area contributed by atoms with Gasteiger partial charge in [0, 0.05) is 16.5 Å². The Morgan fingerprint density at radius 3 is 0.760 bits per heavy atom. The summed E-state index contributed by atoms with van der Waals surface area (Å²) in [5.41, 5.74) is 0. The minimum absolute atomic E-state index is 0. The van der Waals surface area contributed by atoms with Gasteiger partial charge in [-0.3, -0.25) is 0 Å². The molecule has 0 radical (unpaired) electrons. The third-order valence-corrected chi connectivity index (χ3v) is 4.19. The SMILES string of the molecule is C1=C/C=C/CCCCCCC=C1.C1=C/C=C/CCCCCCC=C1.[Ni]. The zero-order valence-electron chi connectivity index (χ0n) is 15.7. The van der Waals surface area contributed by atoms with Crippen LogP contribution in [0.2, 0.25) is 0 Å². The molecule has 0 unspecified atom stereocenters. The van der Waals surface area contributed by atoms with Crippen LogP contribution in [0.1, 0.15) is 77.0 Å². The average molecular weight is 383 g/mol. The third kappa shape index (κ3) is 19.1. The van der Waals surface area contributed by atoms with Crippen molar-refractivity contribution in [2.24, 2.45) is 0 Å². The van der Waals surface area contributed by atoms with Gasteiger partial charge in [-0.05, 0) is 51.4 Å². The van der Waals surface area contributed by atoms with Crippen LogP contribution in [0.4, 0.5) is 0 Å². The Labute approximate surface area is 166 Å². The van der Waals surface area contributed by atoms with Gasteiger partial charge in [0.1, 0.15) is 0 Å². The van der Waals surface area contributed by atoms with Gasteiger partial charge in [-0.15, -0.1) is 0 Å². The van der Waals surface area contributed by atoms with Crippen molar-refractivity contribution in [3.05, 3.63) is 72.9 Å². The van der Waals surface area contributed by atoms with E-state index >= 15 is 0 Å². The van der Waals surface area contributed by atoms with Crippen molar-refractivity contribution in [2.75, 3.05) is 0 Å². The maximum atomic E-state index is 2.26. The van der Waals surface area contributed by atoms with E-state index in [9.17, 15) is 0 Å². The van der Waals surface area contributed by atoms with E-state index in [0.29, 0.717) is 0 Å². The monoisotopic (exact) mass is 382 g/mol. The molecule has 0 N–H and O–H groups in total. The molecule has 0 aromatic carbocycles. The summed E-state index contributed by atoms with van der Waals surface area (Å²) in [6.07, 6.45) is 42.0. The molecule has 0 aromatic heterocycles. The van der Waals surface area contributed by atoms with Gasteiger partial charge in [0.05, 0.1) is 0 Å². The van der Waals surface area contributed by atoms with Gasteiger partial charge in [-0.25, -0.2) is 0 Å². The fraction of sp³-hybridized carbons (Fsp3) is 0.500. The Kier molecular flexibility index (Phi) is 20.1. The standard InChI is InChI=1S/2C12H18.Ni/c2*1-2-4-6-8-10-12-11-9-7-5-3-1;/h2*1-6H,7-12H2;/b2*2-1?,5-3+,6-4?;. The summed E-state index contributed by atoms with van der Waals surface area (Å²) in [6.45, 7) is 0. The van der Waals surface area contributed by atoms with Crippen LogP contribution in [-0.4, -0.2) is 0 Å². The van der Waals surface area contributed by atoms with Crippen LogP contribution < -0.4 is 0 Å². The summed E-state index contributed by atoms with van der Waals surface area (Å²) >= 11 is 0. The van der Waals surface area contributed by atoms with E-state index < -0.39 is 0 Å². The summed E-state index contributed by atoms with van der Waals surface area (Å²) in [6, 6.07) is 0. The van der Waals surface area contributed by atoms with Gasteiger partial charge in [0.15, 0.2) is 0 Å². The first kappa shape index (κ1) is 23.9. The molecule has 0 bridgehead atoms. The molecule has 0 aromatic rings. The largest absolute Gasteiger partial charge is 0.0845 e. The Morgan fingerprint density at radius 1 is 0.280 bits per heavy atom. The zero-order valence-corrected chi connectivity index (χ0v) is 16.7. The van der Waals surface area contributed by atoms with Crippen molar-refractivity contribution in [1.82, 2.24) is 0 Å². The molecule has 0 atom stereocenters. The molecule has 0 saturated carbocycles. The predicted molar refractivity (Wildman–Crippen MR) is 110 cm³/mol. The fourth-order valence-corrected chi connectivity index (χ4v) is 2.71. The molecule has 0 heterocycles. The Bertz CT molecular complexity index is 353. The second-order valence-electron chi connectivity index (χ2n) is 6.47. The zero-order chi connectivity index (χ0) is 17.0. The molecular weight excluding hydrogens is 347 g/mol. The van der Waals surface area contributed by atoms with Crippen molar-refractivity contribution in [2.45, 2.75) is 77.0 Å². The quantitative estimate of drug-likeness (QED) is 0.372. The Hall–Kier alpha value is -1.07. The first-order chi connectivity index (χ1) is 12.0. The van der Waals surface area contributed by atoms with Gasteiger partial charge in [-0.2, -0.15) is 0 Å². The third-order valence-electron chi connectivity index (χ3n) is 4.19. The number of hydrogen-bond acceptors (Lipinski definition) is 0. The normalized spacial score (nSPS) is 21.8. The van der Waals surface area contributed by atoms with Crippen molar-refractivity contribution in [3.8, 4) is 0 Å². The van der Waals surface area contributed by atoms with Gasteiger partial charge in [0.2, 0.25) is 0 Å². The second-order valence-corrected chi connectivity index (χ2v) is 6.47. The number of rotatable bonds is 0. The van der Waals surface area contributed by atoms with E-state index in [-0.39, 0.29) is 16.5 Å². The van der Waals surface area contributed by atoms with Gasteiger partial charge in [-0.1, -0.05) is 98.6 Å². The van der Waals surface area contributed by atoms with E-state index in [1.807, 2.05) is 0 Å². The summed E-state index contributed by atoms with van der Waals surface area (Å²) in [7, 11) is 0. The summed E-state index contributed by atoms with van der Waals surface area (Å²) < 4.78 is 0. The topological polar surface area (TPSA) is 0 Å². The second kappa shape index (κ2) is 21.0. The van der Waals surface area contributed by atoms with Crippen LogP contribution in [0.15, 0.2) is 72.9 Å². The van der Waals surface area contributed by atoms with E-state index in [1.54, 1.807) is 0 Å². The first-order valence-corrected chi connectivity index (χ1v) is 9.97. The molecule has 2 aliphatic carbocycles. The molecular formula is C24H36Ni. The molecule has 1 heteroatoms. The van der Waals surface area contributed by atoms with Gasteiger partial charge < -0.3 is 0 Å². The van der Waals surface area contributed by atoms with Gasteiger partial charge >= 0.3 is 0 Å².